The molecule has 0 saturated carbocycles. The number of sulfonamides is 1. The molecule has 2 aromatic rings. The van der Waals surface area contributed by atoms with Crippen LogP contribution in [0.5, 0.6) is 0 Å². The number of likely N-dealkylation sites (tertiary alicyclic amines) is 1. The molecule has 28 heavy (non-hydrogen) atoms. The second-order valence-electron chi connectivity index (χ2n) is 7.23. The summed E-state index contributed by atoms with van der Waals surface area (Å²) < 4.78 is 33.9. The highest BCUT2D eigenvalue weighted by molar-refractivity contribution is 7.90. The number of likely N-dealkylation sites (N-methyl/N-ethyl adjacent to an activating group) is 1. The smallest absolute Gasteiger partial charge is 0.285 e. The summed E-state index contributed by atoms with van der Waals surface area (Å²) in [5, 5.41) is 3.94. The Bertz CT molecular complexity index is 1050. The van der Waals surface area contributed by atoms with Crippen molar-refractivity contribution in [3.63, 3.8) is 0 Å². The summed E-state index contributed by atoms with van der Waals surface area (Å²) >= 11 is 0. The average Bonchev–Trinajstić information content (AvgIpc) is 3.34. The van der Waals surface area contributed by atoms with Crippen LogP contribution in [0.1, 0.15) is 35.4 Å². The van der Waals surface area contributed by atoms with E-state index < -0.39 is 16.1 Å². The topological polar surface area (TPSA) is 96.1 Å². The molecule has 2 aliphatic rings. The van der Waals surface area contributed by atoms with Gasteiger partial charge in [0.2, 0.25) is 5.91 Å². The fraction of sp³-hybridized carbons (Fsp3) is 0.421. The van der Waals surface area contributed by atoms with Crippen molar-refractivity contribution in [1.29, 1.82) is 0 Å². The standard InChI is InChI=1S/C19H22N4O4S/c1-12-15(13(2)27-20-12)11-22(3)19(24)16-8-6-10-23(16)18-14-7-4-5-9-17(14)28(25,26)21-18/h4-5,7,9,16H,6,8,10-11H2,1-3H3/t16-/m0/s1. The number of carbonyl (C=O) groups is 1. The Labute approximate surface area is 163 Å². The van der Waals surface area contributed by atoms with Crippen LogP contribution in [0.25, 0.3) is 0 Å². The van der Waals surface area contributed by atoms with Gasteiger partial charge >= 0.3 is 0 Å². The number of aryl methyl sites for hydroxylation is 2. The lowest BCUT2D eigenvalue weighted by Crippen LogP contribution is -2.46. The predicted octanol–water partition coefficient (Wildman–Crippen LogP) is 1.86. The van der Waals surface area contributed by atoms with Crippen molar-refractivity contribution < 1.29 is 17.7 Å². The van der Waals surface area contributed by atoms with Crippen LogP contribution in [-0.2, 0) is 21.4 Å². The molecular weight excluding hydrogens is 380 g/mol. The second-order valence-corrected chi connectivity index (χ2v) is 8.81. The molecule has 1 amide bonds. The van der Waals surface area contributed by atoms with E-state index >= 15 is 0 Å². The van der Waals surface area contributed by atoms with Gasteiger partial charge in [-0.25, -0.2) is 0 Å². The Morgan fingerprint density at radius 1 is 1.32 bits per heavy atom. The van der Waals surface area contributed by atoms with Gasteiger partial charge in [-0.1, -0.05) is 17.3 Å². The van der Waals surface area contributed by atoms with E-state index in [0.29, 0.717) is 36.7 Å². The van der Waals surface area contributed by atoms with E-state index in [1.807, 2.05) is 18.7 Å². The van der Waals surface area contributed by atoms with Gasteiger partial charge in [-0.05, 0) is 38.8 Å². The number of hydrogen-bond donors (Lipinski definition) is 0. The van der Waals surface area contributed by atoms with Gasteiger partial charge < -0.3 is 14.3 Å². The number of rotatable bonds is 3. The van der Waals surface area contributed by atoms with Gasteiger partial charge in [0.1, 0.15) is 16.7 Å². The minimum atomic E-state index is -3.71. The van der Waals surface area contributed by atoms with Crippen LogP contribution in [0, 0.1) is 13.8 Å². The SMILES string of the molecule is Cc1noc(C)c1CN(C)C(=O)[C@@H]1CCCN1C1=NS(=O)(=O)c2ccccc21. The Morgan fingerprint density at radius 3 is 2.79 bits per heavy atom. The number of amidine groups is 1. The third-order valence-electron chi connectivity index (χ3n) is 5.38. The minimum absolute atomic E-state index is 0.0676. The quantitative estimate of drug-likeness (QED) is 0.778. The van der Waals surface area contributed by atoms with E-state index in [2.05, 4.69) is 9.55 Å². The number of fused-ring (bicyclic) bond motifs is 1. The maximum Gasteiger partial charge on any atom is 0.285 e. The van der Waals surface area contributed by atoms with E-state index in [0.717, 1.165) is 17.7 Å². The Kier molecular flexibility index (Phi) is 4.49. The molecule has 0 radical (unpaired) electrons. The molecule has 0 bridgehead atoms. The molecule has 1 aromatic carbocycles. The third kappa shape index (κ3) is 2.99. The van der Waals surface area contributed by atoms with Crippen LogP contribution < -0.4 is 0 Å². The van der Waals surface area contributed by atoms with Crippen LogP contribution in [0.15, 0.2) is 38.1 Å². The highest BCUT2D eigenvalue weighted by atomic mass is 32.2. The molecule has 1 atom stereocenters. The van der Waals surface area contributed by atoms with Crippen LogP contribution in [0.3, 0.4) is 0 Å². The molecule has 8 nitrogen and oxygen atoms in total. The van der Waals surface area contributed by atoms with Crippen molar-refractivity contribution in [3.8, 4) is 0 Å². The van der Waals surface area contributed by atoms with Crippen molar-refractivity contribution in [2.24, 2.45) is 4.40 Å². The molecule has 0 N–H and O–H groups in total. The lowest BCUT2D eigenvalue weighted by Gasteiger charge is -2.29. The summed E-state index contributed by atoms with van der Waals surface area (Å²) in [4.78, 5) is 16.8. The van der Waals surface area contributed by atoms with Gasteiger partial charge in [-0.15, -0.1) is 4.40 Å². The highest BCUT2D eigenvalue weighted by Crippen LogP contribution is 2.31. The molecule has 1 fully saturated rings. The first-order valence-electron chi connectivity index (χ1n) is 9.17. The number of nitrogens with zero attached hydrogens (tertiary/aromatic N) is 4. The minimum Gasteiger partial charge on any atom is -0.361 e. The number of benzene rings is 1. The van der Waals surface area contributed by atoms with Crippen molar-refractivity contribution in [2.75, 3.05) is 13.6 Å². The molecule has 9 heteroatoms. The molecule has 3 heterocycles. The zero-order chi connectivity index (χ0) is 20.1. The summed E-state index contributed by atoms with van der Waals surface area (Å²) in [6.45, 7) is 4.66. The van der Waals surface area contributed by atoms with Gasteiger partial charge in [0.15, 0.2) is 5.84 Å². The lowest BCUT2D eigenvalue weighted by molar-refractivity contribution is -0.134. The molecule has 0 unspecified atom stereocenters. The molecule has 0 spiro atoms. The summed E-state index contributed by atoms with van der Waals surface area (Å²) in [6, 6.07) is 6.32. The van der Waals surface area contributed by atoms with Crippen LogP contribution in [0.4, 0.5) is 0 Å². The zero-order valence-corrected chi connectivity index (χ0v) is 16.9. The molecule has 148 valence electrons. The van der Waals surface area contributed by atoms with Gasteiger partial charge in [0.25, 0.3) is 10.0 Å². The first-order chi connectivity index (χ1) is 13.3. The second kappa shape index (κ2) is 6.73. The normalized spacial score (nSPS) is 20.2. The number of amides is 1. The van der Waals surface area contributed by atoms with E-state index in [1.165, 1.54) is 0 Å². The monoisotopic (exact) mass is 402 g/mol. The van der Waals surface area contributed by atoms with Gasteiger partial charge in [-0.3, -0.25) is 4.79 Å². The number of hydrogen-bond acceptors (Lipinski definition) is 6. The van der Waals surface area contributed by atoms with Crippen molar-refractivity contribution in [2.45, 2.75) is 44.2 Å². The maximum absolute atomic E-state index is 13.2. The Balaban J connectivity index is 1.60. The summed E-state index contributed by atoms with van der Waals surface area (Å²) in [6.07, 6.45) is 1.46. The van der Waals surface area contributed by atoms with Crippen LogP contribution in [-0.4, -0.2) is 54.8 Å². The molecule has 4 rings (SSSR count). The van der Waals surface area contributed by atoms with Gasteiger partial charge in [0, 0.05) is 24.7 Å². The van der Waals surface area contributed by atoms with E-state index in [4.69, 9.17) is 4.52 Å². The van der Waals surface area contributed by atoms with Crippen molar-refractivity contribution >= 4 is 21.8 Å². The van der Waals surface area contributed by atoms with Crippen LogP contribution >= 0.6 is 0 Å². The van der Waals surface area contributed by atoms with Crippen LogP contribution in [0.2, 0.25) is 0 Å². The largest absolute Gasteiger partial charge is 0.361 e. The fourth-order valence-corrected chi connectivity index (χ4v) is 5.09. The molecular formula is C19H22N4O4S. The first-order valence-corrected chi connectivity index (χ1v) is 10.6. The Morgan fingerprint density at radius 2 is 2.07 bits per heavy atom. The summed E-state index contributed by atoms with van der Waals surface area (Å²) in [5.41, 5.74) is 2.22. The molecule has 1 saturated heterocycles. The average molecular weight is 402 g/mol. The number of carbonyl (C=O) groups excluding carboxylic acids is 1. The third-order valence-corrected chi connectivity index (χ3v) is 6.70. The van der Waals surface area contributed by atoms with Gasteiger partial charge in [-0.2, -0.15) is 8.42 Å². The van der Waals surface area contributed by atoms with Crippen molar-refractivity contribution in [1.82, 2.24) is 15.0 Å². The molecule has 2 aliphatic heterocycles. The molecule has 1 aromatic heterocycles. The fourth-order valence-electron chi connectivity index (χ4n) is 3.87. The Hall–Kier alpha value is -2.68. The van der Waals surface area contributed by atoms with Crippen molar-refractivity contribution in [3.05, 3.63) is 46.8 Å². The summed E-state index contributed by atoms with van der Waals surface area (Å²) in [5.74, 6) is 1.000. The highest BCUT2D eigenvalue weighted by Gasteiger charge is 2.40. The zero-order valence-electron chi connectivity index (χ0n) is 16.0. The van der Waals surface area contributed by atoms with E-state index in [1.54, 1.807) is 36.2 Å². The molecule has 0 aliphatic carbocycles. The van der Waals surface area contributed by atoms with Gasteiger partial charge in [0.05, 0.1) is 12.2 Å². The van der Waals surface area contributed by atoms with E-state index in [9.17, 15) is 13.2 Å². The lowest BCUT2D eigenvalue weighted by atomic mass is 10.1. The predicted molar refractivity (Wildman–Crippen MR) is 102 cm³/mol. The summed E-state index contributed by atoms with van der Waals surface area (Å²) in [7, 11) is -1.97. The first kappa shape index (κ1) is 18.7. The number of aromatic nitrogens is 1. The van der Waals surface area contributed by atoms with E-state index in [-0.39, 0.29) is 10.8 Å². The maximum atomic E-state index is 13.2.